The molecule has 110 valence electrons. The first kappa shape index (κ1) is 13.8. The van der Waals surface area contributed by atoms with Crippen LogP contribution in [0.4, 0.5) is 4.39 Å². The third-order valence-electron chi connectivity index (χ3n) is 3.63. The highest BCUT2D eigenvalue weighted by Crippen LogP contribution is 2.30. The molecule has 0 aliphatic heterocycles. The molecule has 4 nitrogen and oxygen atoms in total. The van der Waals surface area contributed by atoms with Crippen molar-refractivity contribution in [1.82, 2.24) is 4.90 Å². The average molecular weight is 289 g/mol. The van der Waals surface area contributed by atoms with Crippen LogP contribution in [0.25, 0.3) is 0 Å². The Balaban J connectivity index is 1.73. The molecule has 21 heavy (non-hydrogen) atoms. The number of benzene rings is 1. The van der Waals surface area contributed by atoms with Crippen LogP contribution in [0.1, 0.15) is 34.7 Å². The van der Waals surface area contributed by atoms with E-state index in [1.165, 1.54) is 12.1 Å². The summed E-state index contributed by atoms with van der Waals surface area (Å²) in [5, 5.41) is 8.87. The maximum atomic E-state index is 13.8. The van der Waals surface area contributed by atoms with E-state index in [2.05, 4.69) is 4.90 Å². The minimum absolute atomic E-state index is 0.0633. The van der Waals surface area contributed by atoms with E-state index >= 15 is 0 Å². The number of nitrogens with zero attached hydrogens (tertiary/aromatic N) is 1. The molecule has 0 amide bonds. The number of halogens is 1. The van der Waals surface area contributed by atoms with Gasteiger partial charge in [0, 0.05) is 18.2 Å². The van der Waals surface area contributed by atoms with Crippen LogP contribution in [0.5, 0.6) is 0 Å². The van der Waals surface area contributed by atoms with Gasteiger partial charge in [0.05, 0.1) is 6.54 Å². The molecule has 1 aromatic carbocycles. The Labute approximate surface area is 121 Å². The summed E-state index contributed by atoms with van der Waals surface area (Å²) in [6.07, 6.45) is 2.17. The highest BCUT2D eigenvalue weighted by Gasteiger charge is 2.30. The van der Waals surface area contributed by atoms with Gasteiger partial charge in [0.15, 0.2) is 0 Å². The van der Waals surface area contributed by atoms with Gasteiger partial charge in [-0.2, -0.15) is 0 Å². The van der Waals surface area contributed by atoms with Crippen LogP contribution in [0.2, 0.25) is 0 Å². The largest absolute Gasteiger partial charge is 0.475 e. The van der Waals surface area contributed by atoms with Crippen LogP contribution in [-0.2, 0) is 13.1 Å². The van der Waals surface area contributed by atoms with Crippen molar-refractivity contribution in [2.75, 3.05) is 0 Å². The first-order valence-corrected chi connectivity index (χ1v) is 6.93. The monoisotopic (exact) mass is 289 g/mol. The molecule has 1 heterocycles. The quantitative estimate of drug-likeness (QED) is 0.886. The van der Waals surface area contributed by atoms with Gasteiger partial charge in [0.2, 0.25) is 5.76 Å². The van der Waals surface area contributed by atoms with Gasteiger partial charge in [0.25, 0.3) is 0 Å². The third kappa shape index (κ3) is 3.31. The molecule has 0 spiro atoms. The normalized spacial score (nSPS) is 14.6. The molecule has 0 bridgehead atoms. The van der Waals surface area contributed by atoms with Gasteiger partial charge in [-0.05, 0) is 31.0 Å². The van der Waals surface area contributed by atoms with Gasteiger partial charge in [-0.25, -0.2) is 9.18 Å². The Hall–Kier alpha value is -2.14. The zero-order valence-corrected chi connectivity index (χ0v) is 11.5. The minimum atomic E-state index is -1.08. The first-order chi connectivity index (χ1) is 10.1. The van der Waals surface area contributed by atoms with Crippen molar-refractivity contribution >= 4 is 5.97 Å². The molecule has 5 heteroatoms. The summed E-state index contributed by atoms with van der Waals surface area (Å²) in [6, 6.07) is 10.3. The lowest BCUT2D eigenvalue weighted by atomic mass is 10.2. The second-order valence-corrected chi connectivity index (χ2v) is 5.30. The molecule has 1 aliphatic rings. The Morgan fingerprint density at radius 1 is 1.24 bits per heavy atom. The summed E-state index contributed by atoms with van der Waals surface area (Å²) in [5.74, 6) is -0.760. The number of hydrogen-bond acceptors (Lipinski definition) is 3. The summed E-state index contributed by atoms with van der Waals surface area (Å²) in [4.78, 5) is 13.0. The van der Waals surface area contributed by atoms with Gasteiger partial charge >= 0.3 is 5.97 Å². The predicted octanol–water partition coefficient (Wildman–Crippen LogP) is 3.28. The summed E-state index contributed by atoms with van der Waals surface area (Å²) in [6.45, 7) is 0.993. The molecule has 1 saturated carbocycles. The van der Waals surface area contributed by atoms with Crippen LogP contribution in [0.15, 0.2) is 40.8 Å². The lowest BCUT2D eigenvalue weighted by Crippen LogP contribution is -2.25. The van der Waals surface area contributed by atoms with Crippen LogP contribution >= 0.6 is 0 Å². The number of hydrogen-bond donors (Lipinski definition) is 1. The predicted molar refractivity (Wildman–Crippen MR) is 74.3 cm³/mol. The van der Waals surface area contributed by atoms with Gasteiger partial charge in [-0.15, -0.1) is 0 Å². The van der Waals surface area contributed by atoms with E-state index in [4.69, 9.17) is 9.52 Å². The first-order valence-electron chi connectivity index (χ1n) is 6.93. The molecule has 1 fully saturated rings. The average Bonchev–Trinajstić information content (AvgIpc) is 3.20. The maximum absolute atomic E-state index is 13.8. The fourth-order valence-electron chi connectivity index (χ4n) is 2.38. The lowest BCUT2D eigenvalue weighted by molar-refractivity contribution is 0.0658. The van der Waals surface area contributed by atoms with Gasteiger partial charge in [0.1, 0.15) is 11.6 Å². The van der Waals surface area contributed by atoms with Crippen LogP contribution < -0.4 is 0 Å². The summed E-state index contributed by atoms with van der Waals surface area (Å²) in [5.41, 5.74) is 0.648. The molecule has 1 aromatic heterocycles. The number of carboxylic acids is 1. The number of aromatic carboxylic acids is 1. The fourth-order valence-corrected chi connectivity index (χ4v) is 2.38. The van der Waals surface area contributed by atoms with Gasteiger partial charge in [-0.1, -0.05) is 18.2 Å². The molecule has 1 aliphatic carbocycles. The Morgan fingerprint density at radius 2 is 2.00 bits per heavy atom. The van der Waals surface area contributed by atoms with Crippen LogP contribution in [0, 0.1) is 5.82 Å². The zero-order chi connectivity index (χ0) is 14.8. The third-order valence-corrected chi connectivity index (χ3v) is 3.63. The van der Waals surface area contributed by atoms with Crippen LogP contribution in [0.3, 0.4) is 0 Å². The van der Waals surface area contributed by atoms with Crippen molar-refractivity contribution in [2.24, 2.45) is 0 Å². The summed E-state index contributed by atoms with van der Waals surface area (Å²) in [7, 11) is 0. The SMILES string of the molecule is O=C(O)c1ccc(CN(Cc2ccccc2F)C2CC2)o1. The Kier molecular flexibility index (Phi) is 3.75. The molecule has 0 radical (unpaired) electrons. The van der Waals surface area contributed by atoms with Crippen LogP contribution in [-0.4, -0.2) is 22.0 Å². The molecule has 3 rings (SSSR count). The molecule has 0 unspecified atom stereocenters. The Morgan fingerprint density at radius 3 is 2.62 bits per heavy atom. The van der Waals surface area contributed by atoms with E-state index < -0.39 is 5.97 Å². The van der Waals surface area contributed by atoms with Crippen molar-refractivity contribution in [1.29, 1.82) is 0 Å². The number of furan rings is 1. The standard InChI is InChI=1S/C16H16FNO3/c17-14-4-2-1-3-11(14)9-18(12-5-6-12)10-13-7-8-15(21-13)16(19)20/h1-4,7-8,12H,5-6,9-10H2,(H,19,20). The topological polar surface area (TPSA) is 53.7 Å². The minimum Gasteiger partial charge on any atom is -0.475 e. The van der Waals surface area contributed by atoms with E-state index in [1.807, 2.05) is 6.07 Å². The summed E-state index contributed by atoms with van der Waals surface area (Å²) < 4.78 is 19.0. The van der Waals surface area contributed by atoms with E-state index in [1.54, 1.807) is 18.2 Å². The van der Waals surface area contributed by atoms with Crippen molar-refractivity contribution in [3.05, 3.63) is 59.3 Å². The smallest absolute Gasteiger partial charge is 0.371 e. The molecule has 0 saturated heterocycles. The van der Waals surface area contributed by atoms with Crippen molar-refractivity contribution in [3.63, 3.8) is 0 Å². The van der Waals surface area contributed by atoms with Gasteiger partial charge in [-0.3, -0.25) is 4.90 Å². The molecule has 0 atom stereocenters. The summed E-state index contributed by atoms with van der Waals surface area (Å²) >= 11 is 0. The number of carbonyl (C=O) groups is 1. The molecule has 2 aromatic rings. The van der Waals surface area contributed by atoms with E-state index in [0.717, 1.165) is 12.8 Å². The van der Waals surface area contributed by atoms with Crippen molar-refractivity contribution in [3.8, 4) is 0 Å². The van der Waals surface area contributed by atoms with E-state index in [0.29, 0.717) is 30.5 Å². The van der Waals surface area contributed by atoms with E-state index in [-0.39, 0.29) is 11.6 Å². The van der Waals surface area contributed by atoms with Crippen molar-refractivity contribution in [2.45, 2.75) is 32.0 Å². The number of rotatable bonds is 6. The molecular weight excluding hydrogens is 273 g/mol. The number of carboxylic acid groups (broad SMARTS) is 1. The van der Waals surface area contributed by atoms with Crippen molar-refractivity contribution < 1.29 is 18.7 Å². The lowest BCUT2D eigenvalue weighted by Gasteiger charge is -2.21. The Bertz CT molecular complexity index is 648. The molecule has 1 N–H and O–H groups in total. The zero-order valence-electron chi connectivity index (χ0n) is 11.5. The second kappa shape index (κ2) is 5.69. The highest BCUT2D eigenvalue weighted by molar-refractivity contribution is 5.84. The highest BCUT2D eigenvalue weighted by atomic mass is 19.1. The van der Waals surface area contributed by atoms with Gasteiger partial charge < -0.3 is 9.52 Å². The van der Waals surface area contributed by atoms with E-state index in [9.17, 15) is 9.18 Å². The molecular formula is C16H16FNO3. The fraction of sp³-hybridized carbons (Fsp3) is 0.312. The maximum Gasteiger partial charge on any atom is 0.371 e. The second-order valence-electron chi connectivity index (χ2n) is 5.30.